The van der Waals surface area contributed by atoms with Gasteiger partial charge in [0.05, 0.1) is 25.0 Å². The largest absolute Gasteiger partial charge is 0.380 e. The summed E-state index contributed by atoms with van der Waals surface area (Å²) in [5.41, 5.74) is 5.60. The van der Waals surface area contributed by atoms with Crippen molar-refractivity contribution in [3.63, 3.8) is 0 Å². The van der Waals surface area contributed by atoms with Gasteiger partial charge in [-0.2, -0.15) is 0 Å². The van der Waals surface area contributed by atoms with E-state index < -0.39 is 15.9 Å². The van der Waals surface area contributed by atoms with E-state index in [0.29, 0.717) is 19.8 Å². The summed E-state index contributed by atoms with van der Waals surface area (Å²) in [5, 5.41) is 2.72. The molecule has 7 heteroatoms. The Morgan fingerprint density at radius 1 is 1.53 bits per heavy atom. The Bertz CT molecular complexity index is 376. The maximum Gasteiger partial charge on any atom is 0.236 e. The van der Waals surface area contributed by atoms with Gasteiger partial charge in [0.25, 0.3) is 0 Å². The fourth-order valence-corrected chi connectivity index (χ4v) is 2.14. The lowest BCUT2D eigenvalue weighted by Gasteiger charge is -2.38. The zero-order chi connectivity index (χ0) is 13.1. The molecule has 6 nitrogen and oxygen atoms in total. The lowest BCUT2D eigenvalue weighted by Crippen LogP contribution is -2.51. The number of hydrogen-bond acceptors (Lipinski definition) is 5. The molecule has 0 aromatic rings. The third kappa shape index (κ3) is 5.01. The Morgan fingerprint density at radius 2 is 2.12 bits per heavy atom. The van der Waals surface area contributed by atoms with E-state index >= 15 is 0 Å². The Hall–Kier alpha value is -0.660. The van der Waals surface area contributed by atoms with Crippen molar-refractivity contribution in [1.29, 1.82) is 0 Å². The Morgan fingerprint density at radius 3 is 2.53 bits per heavy atom. The minimum absolute atomic E-state index is 0.00773. The highest BCUT2D eigenvalue weighted by Gasteiger charge is 2.33. The quantitative estimate of drug-likeness (QED) is 0.634. The molecule has 1 atom stereocenters. The molecule has 0 spiro atoms. The molecular formula is C10H20N2O4S. The van der Waals surface area contributed by atoms with Crippen LogP contribution in [-0.2, 0) is 19.4 Å². The van der Waals surface area contributed by atoms with Gasteiger partial charge in [-0.1, -0.05) is 6.92 Å². The van der Waals surface area contributed by atoms with Crippen LogP contribution < -0.4 is 11.1 Å². The first-order valence-corrected chi connectivity index (χ1v) is 7.57. The number of nitrogens with two attached hydrogens (primary N) is 1. The number of rotatable bonds is 6. The van der Waals surface area contributed by atoms with Crippen LogP contribution >= 0.6 is 0 Å². The van der Waals surface area contributed by atoms with Crippen molar-refractivity contribution in [3.8, 4) is 0 Å². The molecule has 0 radical (unpaired) electrons. The first kappa shape index (κ1) is 14.4. The molecule has 0 aliphatic carbocycles. The lowest BCUT2D eigenvalue weighted by atomic mass is 9.88. The summed E-state index contributed by atoms with van der Waals surface area (Å²) < 4.78 is 26.9. The summed E-state index contributed by atoms with van der Waals surface area (Å²) in [4.78, 5) is 11.6. The standard InChI is InChI=1S/C10H20N2O4S/c1-10(6-16-7-10)5-12-9(13)8(11)3-4-17(2,14)15/h8H,3-7,11H2,1-2H3,(H,12,13). The van der Waals surface area contributed by atoms with Crippen LogP contribution in [0.15, 0.2) is 0 Å². The fourth-order valence-electron chi connectivity index (χ4n) is 1.46. The van der Waals surface area contributed by atoms with Gasteiger partial charge in [0, 0.05) is 18.2 Å². The van der Waals surface area contributed by atoms with Gasteiger partial charge >= 0.3 is 0 Å². The van der Waals surface area contributed by atoms with E-state index in [1.165, 1.54) is 0 Å². The first-order chi connectivity index (χ1) is 7.72. The van der Waals surface area contributed by atoms with E-state index in [1.54, 1.807) is 0 Å². The molecule has 1 saturated heterocycles. The van der Waals surface area contributed by atoms with Gasteiger partial charge < -0.3 is 15.8 Å². The highest BCUT2D eigenvalue weighted by atomic mass is 32.2. The Labute approximate surface area is 102 Å². The maximum atomic E-state index is 11.6. The minimum Gasteiger partial charge on any atom is -0.380 e. The van der Waals surface area contributed by atoms with Crippen LogP contribution in [0.3, 0.4) is 0 Å². The molecular weight excluding hydrogens is 244 g/mol. The Kier molecular flexibility index (Phi) is 4.51. The normalized spacial score (nSPS) is 20.4. The maximum absolute atomic E-state index is 11.6. The summed E-state index contributed by atoms with van der Waals surface area (Å²) in [6.45, 7) is 3.79. The van der Waals surface area contributed by atoms with Crippen LogP contribution in [0.25, 0.3) is 0 Å². The third-order valence-electron chi connectivity index (χ3n) is 2.73. The molecule has 0 bridgehead atoms. The second-order valence-electron chi connectivity index (χ2n) is 5.05. The summed E-state index contributed by atoms with van der Waals surface area (Å²) in [5.74, 6) is -0.371. The fraction of sp³-hybridized carbons (Fsp3) is 0.900. The zero-order valence-electron chi connectivity index (χ0n) is 10.2. The van der Waals surface area contributed by atoms with Gasteiger partial charge in [0.2, 0.25) is 5.91 Å². The van der Waals surface area contributed by atoms with E-state index in [1.807, 2.05) is 6.92 Å². The molecule has 1 aliphatic rings. The number of carbonyl (C=O) groups excluding carboxylic acids is 1. The highest BCUT2D eigenvalue weighted by molar-refractivity contribution is 7.90. The van der Waals surface area contributed by atoms with Gasteiger partial charge in [-0.3, -0.25) is 4.79 Å². The van der Waals surface area contributed by atoms with E-state index in [9.17, 15) is 13.2 Å². The predicted molar refractivity (Wildman–Crippen MR) is 64.2 cm³/mol. The van der Waals surface area contributed by atoms with Crippen LogP contribution in [0, 0.1) is 5.41 Å². The number of hydrogen-bond donors (Lipinski definition) is 2. The smallest absolute Gasteiger partial charge is 0.236 e. The highest BCUT2D eigenvalue weighted by Crippen LogP contribution is 2.24. The van der Waals surface area contributed by atoms with E-state index in [0.717, 1.165) is 6.26 Å². The third-order valence-corrected chi connectivity index (χ3v) is 3.70. The van der Waals surface area contributed by atoms with Crippen LogP contribution in [0.4, 0.5) is 0 Å². The molecule has 1 aliphatic heterocycles. The SMILES string of the molecule is CC1(CNC(=O)C(N)CCS(C)(=O)=O)COC1. The van der Waals surface area contributed by atoms with E-state index in [2.05, 4.69) is 5.32 Å². The molecule has 1 amide bonds. The number of nitrogens with one attached hydrogen (secondary N) is 1. The van der Waals surface area contributed by atoms with Gasteiger partial charge in [-0.05, 0) is 6.42 Å². The molecule has 1 rings (SSSR count). The van der Waals surface area contributed by atoms with Crippen molar-refractivity contribution in [3.05, 3.63) is 0 Å². The topological polar surface area (TPSA) is 98.5 Å². The van der Waals surface area contributed by atoms with Crippen molar-refractivity contribution in [2.45, 2.75) is 19.4 Å². The van der Waals surface area contributed by atoms with E-state index in [-0.39, 0.29) is 23.5 Å². The monoisotopic (exact) mass is 264 g/mol. The molecule has 0 saturated carbocycles. The zero-order valence-corrected chi connectivity index (χ0v) is 11.0. The molecule has 17 heavy (non-hydrogen) atoms. The lowest BCUT2D eigenvalue weighted by molar-refractivity contribution is -0.127. The van der Waals surface area contributed by atoms with Crippen LogP contribution in [-0.4, -0.2) is 52.1 Å². The van der Waals surface area contributed by atoms with Crippen molar-refractivity contribution in [2.75, 3.05) is 31.8 Å². The Balaban J connectivity index is 2.27. The molecule has 1 fully saturated rings. The molecule has 1 heterocycles. The first-order valence-electron chi connectivity index (χ1n) is 5.51. The van der Waals surface area contributed by atoms with E-state index in [4.69, 9.17) is 10.5 Å². The van der Waals surface area contributed by atoms with Gasteiger partial charge in [-0.15, -0.1) is 0 Å². The molecule has 0 aromatic carbocycles. The number of amides is 1. The second-order valence-corrected chi connectivity index (χ2v) is 7.31. The minimum atomic E-state index is -3.07. The summed E-state index contributed by atoms with van der Waals surface area (Å²) in [6, 6.07) is -0.769. The van der Waals surface area contributed by atoms with Gasteiger partial charge in [-0.25, -0.2) is 8.42 Å². The number of sulfone groups is 1. The summed E-state index contributed by atoms with van der Waals surface area (Å²) in [6.07, 6.45) is 1.28. The molecule has 1 unspecified atom stereocenters. The predicted octanol–water partition coefficient (Wildman–Crippen LogP) is -1.10. The van der Waals surface area contributed by atoms with Crippen molar-refractivity contribution < 1.29 is 17.9 Å². The average Bonchev–Trinajstić information content (AvgIpc) is 2.18. The van der Waals surface area contributed by atoms with Crippen LogP contribution in [0.2, 0.25) is 0 Å². The van der Waals surface area contributed by atoms with Gasteiger partial charge in [0.15, 0.2) is 0 Å². The van der Waals surface area contributed by atoms with Crippen LogP contribution in [0.1, 0.15) is 13.3 Å². The summed E-state index contributed by atoms with van der Waals surface area (Å²) in [7, 11) is -3.07. The second kappa shape index (κ2) is 5.32. The summed E-state index contributed by atoms with van der Waals surface area (Å²) >= 11 is 0. The van der Waals surface area contributed by atoms with Crippen molar-refractivity contribution in [1.82, 2.24) is 5.32 Å². The molecule has 3 N–H and O–H groups in total. The molecule has 0 aromatic heterocycles. The average molecular weight is 264 g/mol. The van der Waals surface area contributed by atoms with Crippen LogP contribution in [0.5, 0.6) is 0 Å². The van der Waals surface area contributed by atoms with Gasteiger partial charge in [0.1, 0.15) is 9.84 Å². The number of carbonyl (C=O) groups is 1. The number of ether oxygens (including phenoxy) is 1. The molecule has 100 valence electrons. The van der Waals surface area contributed by atoms with Crippen molar-refractivity contribution >= 4 is 15.7 Å². The van der Waals surface area contributed by atoms with Crippen molar-refractivity contribution in [2.24, 2.45) is 11.1 Å².